The molecule has 2 amide bonds. The predicted octanol–water partition coefficient (Wildman–Crippen LogP) is 3.67. The quantitative estimate of drug-likeness (QED) is 0.860. The summed E-state index contributed by atoms with van der Waals surface area (Å²) in [6.45, 7) is 3.91. The summed E-state index contributed by atoms with van der Waals surface area (Å²) in [5.41, 5.74) is 3.69. The molecule has 2 N–H and O–H groups in total. The van der Waals surface area contributed by atoms with E-state index in [9.17, 15) is 9.59 Å². The topological polar surface area (TPSA) is 76.0 Å². The van der Waals surface area contributed by atoms with Gasteiger partial charge in [-0.3, -0.25) is 14.3 Å². The van der Waals surface area contributed by atoms with Crippen molar-refractivity contribution in [2.45, 2.75) is 46.0 Å². The van der Waals surface area contributed by atoms with Gasteiger partial charge >= 0.3 is 0 Å². The largest absolute Gasteiger partial charge is 0.326 e. The lowest BCUT2D eigenvalue weighted by molar-refractivity contribution is -0.119. The number of aryl methyl sites for hydroxylation is 2. The van der Waals surface area contributed by atoms with Crippen LogP contribution in [-0.4, -0.2) is 21.6 Å². The van der Waals surface area contributed by atoms with E-state index < -0.39 is 0 Å². The maximum Gasteiger partial charge on any atom is 0.273 e. The van der Waals surface area contributed by atoms with E-state index in [2.05, 4.69) is 15.7 Å². The van der Waals surface area contributed by atoms with Gasteiger partial charge in [0.1, 0.15) is 5.69 Å². The van der Waals surface area contributed by atoms with Gasteiger partial charge in [0.2, 0.25) is 5.91 Å². The first-order valence-electron chi connectivity index (χ1n) is 9.24. The first-order valence-corrected chi connectivity index (χ1v) is 9.24. The second kappa shape index (κ2) is 7.72. The number of nitrogens with one attached hydrogen (secondary N) is 2. The Kier molecular flexibility index (Phi) is 5.40. The zero-order chi connectivity index (χ0) is 18.7. The summed E-state index contributed by atoms with van der Waals surface area (Å²) in [6.07, 6.45) is 4.95. The summed E-state index contributed by atoms with van der Waals surface area (Å²) < 4.78 is 1.59. The van der Waals surface area contributed by atoms with E-state index in [1.54, 1.807) is 17.8 Å². The fraction of sp³-hybridized carbons (Fsp3) is 0.450. The Morgan fingerprint density at radius 2 is 1.85 bits per heavy atom. The molecule has 1 aliphatic rings. The molecule has 138 valence electrons. The highest BCUT2D eigenvalue weighted by molar-refractivity contribution is 6.04. The van der Waals surface area contributed by atoms with Crippen LogP contribution in [0.1, 0.15) is 54.4 Å². The average molecular weight is 354 g/mol. The molecule has 6 nitrogen and oxygen atoms in total. The van der Waals surface area contributed by atoms with Crippen molar-refractivity contribution in [2.75, 3.05) is 10.6 Å². The van der Waals surface area contributed by atoms with Gasteiger partial charge in [-0.1, -0.05) is 25.8 Å². The lowest BCUT2D eigenvalue weighted by Gasteiger charge is -2.15. The van der Waals surface area contributed by atoms with Crippen molar-refractivity contribution in [3.63, 3.8) is 0 Å². The molecule has 0 radical (unpaired) electrons. The third kappa shape index (κ3) is 3.79. The van der Waals surface area contributed by atoms with Crippen molar-refractivity contribution in [3.05, 3.63) is 41.2 Å². The van der Waals surface area contributed by atoms with Crippen LogP contribution < -0.4 is 10.6 Å². The molecule has 0 spiro atoms. The third-order valence-electron chi connectivity index (χ3n) is 5.09. The van der Waals surface area contributed by atoms with Gasteiger partial charge in [-0.15, -0.1) is 0 Å². The number of amides is 2. The Hall–Kier alpha value is -2.63. The molecule has 2 aromatic rings. The van der Waals surface area contributed by atoms with Crippen LogP contribution in [0.15, 0.2) is 24.3 Å². The molecule has 1 saturated carbocycles. The van der Waals surface area contributed by atoms with Crippen LogP contribution >= 0.6 is 0 Å². The summed E-state index contributed by atoms with van der Waals surface area (Å²) in [4.78, 5) is 25.0. The number of benzene rings is 1. The van der Waals surface area contributed by atoms with Crippen molar-refractivity contribution in [3.8, 4) is 0 Å². The minimum atomic E-state index is -0.206. The Balaban J connectivity index is 1.75. The normalized spacial score (nSPS) is 14.4. The summed E-state index contributed by atoms with van der Waals surface area (Å²) in [5, 5.41) is 10.3. The van der Waals surface area contributed by atoms with E-state index in [4.69, 9.17) is 0 Å². The molecule has 1 aromatic carbocycles. The third-order valence-corrected chi connectivity index (χ3v) is 5.09. The predicted molar refractivity (Wildman–Crippen MR) is 102 cm³/mol. The van der Waals surface area contributed by atoms with Crippen LogP contribution in [0.5, 0.6) is 0 Å². The summed E-state index contributed by atoms with van der Waals surface area (Å²) in [7, 11) is 1.76. The number of aromatic nitrogens is 2. The molecule has 0 bridgehead atoms. The average Bonchev–Trinajstić information content (AvgIpc) is 3.28. The highest BCUT2D eigenvalue weighted by atomic mass is 16.2. The van der Waals surface area contributed by atoms with Gasteiger partial charge in [0, 0.05) is 24.3 Å². The van der Waals surface area contributed by atoms with Crippen LogP contribution in [0.3, 0.4) is 0 Å². The van der Waals surface area contributed by atoms with Gasteiger partial charge < -0.3 is 10.6 Å². The molecule has 0 aliphatic heterocycles. The second-order valence-corrected chi connectivity index (χ2v) is 6.90. The molecular formula is C20H26N4O2. The fourth-order valence-electron chi connectivity index (χ4n) is 3.43. The first kappa shape index (κ1) is 18.2. The van der Waals surface area contributed by atoms with Crippen molar-refractivity contribution >= 4 is 23.2 Å². The number of carbonyl (C=O) groups is 2. The van der Waals surface area contributed by atoms with Crippen molar-refractivity contribution < 1.29 is 9.59 Å². The number of hydrogen-bond donors (Lipinski definition) is 2. The number of rotatable bonds is 5. The summed E-state index contributed by atoms with van der Waals surface area (Å²) >= 11 is 0. The molecule has 0 unspecified atom stereocenters. The maximum atomic E-state index is 12.6. The summed E-state index contributed by atoms with van der Waals surface area (Å²) in [5.74, 6) is -0.0232. The maximum absolute atomic E-state index is 12.6. The Bertz CT molecular complexity index is 819. The van der Waals surface area contributed by atoms with Gasteiger partial charge in [-0.2, -0.15) is 5.10 Å². The van der Waals surface area contributed by atoms with Crippen molar-refractivity contribution in [1.29, 1.82) is 0 Å². The smallest absolute Gasteiger partial charge is 0.273 e. The molecule has 6 heteroatoms. The molecule has 3 rings (SSSR count). The first-order chi connectivity index (χ1) is 12.5. The molecule has 1 aliphatic carbocycles. The minimum absolute atomic E-state index is 0.0771. The number of hydrogen-bond acceptors (Lipinski definition) is 3. The van der Waals surface area contributed by atoms with E-state index >= 15 is 0 Å². The number of carbonyl (C=O) groups excluding carboxylic acids is 2. The van der Waals surface area contributed by atoms with E-state index in [0.29, 0.717) is 11.4 Å². The van der Waals surface area contributed by atoms with Crippen LogP contribution in [-0.2, 0) is 18.3 Å². The Morgan fingerprint density at radius 1 is 1.19 bits per heavy atom. The van der Waals surface area contributed by atoms with E-state index in [-0.39, 0.29) is 17.7 Å². The summed E-state index contributed by atoms with van der Waals surface area (Å²) in [6, 6.07) is 7.36. The zero-order valence-corrected chi connectivity index (χ0v) is 15.6. The highest BCUT2D eigenvalue weighted by Gasteiger charge is 2.23. The molecule has 1 aromatic heterocycles. The monoisotopic (exact) mass is 354 g/mol. The zero-order valence-electron chi connectivity index (χ0n) is 15.6. The van der Waals surface area contributed by atoms with E-state index in [1.165, 1.54) is 0 Å². The Labute approximate surface area is 154 Å². The van der Waals surface area contributed by atoms with Gasteiger partial charge in [0.05, 0.1) is 5.69 Å². The van der Waals surface area contributed by atoms with Crippen LogP contribution in [0.4, 0.5) is 11.4 Å². The number of anilines is 2. The van der Waals surface area contributed by atoms with Crippen LogP contribution in [0.25, 0.3) is 0 Å². The van der Waals surface area contributed by atoms with Gasteiger partial charge in [0.25, 0.3) is 5.91 Å². The highest BCUT2D eigenvalue weighted by Crippen LogP contribution is 2.28. The van der Waals surface area contributed by atoms with Crippen LogP contribution in [0, 0.1) is 12.8 Å². The standard InChI is InChI=1S/C20H26N4O2/c1-4-15-12-18(24(3)23-15)20(26)22-17-11-7-10-16(13(17)2)21-19(25)14-8-5-6-9-14/h7,10-12,14H,4-6,8-9H2,1-3H3,(H,21,25)(H,22,26). The molecule has 26 heavy (non-hydrogen) atoms. The van der Waals surface area contributed by atoms with Gasteiger partial charge in [0.15, 0.2) is 0 Å². The molecule has 0 saturated heterocycles. The molecule has 1 heterocycles. The fourth-order valence-corrected chi connectivity index (χ4v) is 3.43. The van der Waals surface area contributed by atoms with Crippen molar-refractivity contribution in [1.82, 2.24) is 9.78 Å². The van der Waals surface area contributed by atoms with Crippen LogP contribution in [0.2, 0.25) is 0 Å². The van der Waals surface area contributed by atoms with Gasteiger partial charge in [-0.05, 0) is 49.9 Å². The lowest BCUT2D eigenvalue weighted by atomic mass is 10.1. The minimum Gasteiger partial charge on any atom is -0.326 e. The lowest BCUT2D eigenvalue weighted by Crippen LogP contribution is -2.21. The van der Waals surface area contributed by atoms with E-state index in [0.717, 1.165) is 49.0 Å². The SMILES string of the molecule is CCc1cc(C(=O)Nc2cccc(NC(=O)C3CCCC3)c2C)n(C)n1. The molecule has 1 fully saturated rings. The number of nitrogens with zero attached hydrogens (tertiary/aromatic N) is 2. The Morgan fingerprint density at radius 3 is 2.46 bits per heavy atom. The van der Waals surface area contributed by atoms with Crippen molar-refractivity contribution in [2.24, 2.45) is 13.0 Å². The molecular weight excluding hydrogens is 328 g/mol. The van der Waals surface area contributed by atoms with E-state index in [1.807, 2.05) is 32.0 Å². The van der Waals surface area contributed by atoms with Gasteiger partial charge in [-0.25, -0.2) is 0 Å². The molecule has 0 atom stereocenters. The second-order valence-electron chi connectivity index (χ2n) is 6.90.